The largest absolute Gasteiger partial charge is 0.395 e. The van der Waals surface area contributed by atoms with Crippen LogP contribution in [0.25, 0.3) is 0 Å². The van der Waals surface area contributed by atoms with E-state index in [1.54, 1.807) is 11.5 Å². The predicted octanol–water partition coefficient (Wildman–Crippen LogP) is 1.82. The summed E-state index contributed by atoms with van der Waals surface area (Å²) in [6.07, 6.45) is 3.22. The molecule has 2 N–H and O–H groups in total. The van der Waals surface area contributed by atoms with Crippen LogP contribution >= 0.6 is 11.8 Å². The van der Waals surface area contributed by atoms with E-state index in [0.717, 1.165) is 0 Å². The number of carbonyl (C=O) groups is 1. The molecule has 7 nitrogen and oxygen atoms in total. The molecule has 1 aromatic heterocycles. The van der Waals surface area contributed by atoms with Gasteiger partial charge in [0, 0.05) is 23.4 Å². The zero-order valence-electron chi connectivity index (χ0n) is 12.6. The first-order valence-electron chi connectivity index (χ1n) is 6.62. The quantitative estimate of drug-likeness (QED) is 0.591. The molecular weight excluding hydrogens is 294 g/mol. The van der Waals surface area contributed by atoms with Gasteiger partial charge in [0.25, 0.3) is 11.6 Å². The molecule has 2 unspecified atom stereocenters. The summed E-state index contributed by atoms with van der Waals surface area (Å²) in [5, 5.41) is 22.8. The number of carbonyl (C=O) groups excluding carboxylic acids is 1. The maximum absolute atomic E-state index is 12.3. The van der Waals surface area contributed by atoms with Gasteiger partial charge in [0.1, 0.15) is 5.69 Å². The van der Waals surface area contributed by atoms with Crippen LogP contribution in [0, 0.1) is 10.1 Å². The van der Waals surface area contributed by atoms with E-state index in [2.05, 4.69) is 5.32 Å². The van der Waals surface area contributed by atoms with Crippen molar-refractivity contribution >= 4 is 23.4 Å². The molecule has 0 aromatic carbocycles. The van der Waals surface area contributed by atoms with Crippen LogP contribution in [0.15, 0.2) is 12.3 Å². The summed E-state index contributed by atoms with van der Waals surface area (Å²) in [5.41, 5.74) is 0.145. The van der Waals surface area contributed by atoms with Crippen LogP contribution < -0.4 is 5.32 Å². The van der Waals surface area contributed by atoms with E-state index in [0.29, 0.717) is 0 Å². The molecule has 1 amide bonds. The normalized spacial score (nSPS) is 14.0. The van der Waals surface area contributed by atoms with E-state index >= 15 is 0 Å². The van der Waals surface area contributed by atoms with Gasteiger partial charge in [-0.1, -0.05) is 0 Å². The Morgan fingerprint density at radius 3 is 2.57 bits per heavy atom. The zero-order valence-corrected chi connectivity index (χ0v) is 13.4. The lowest BCUT2D eigenvalue weighted by molar-refractivity contribution is -0.384. The minimum absolute atomic E-state index is 0.0477. The van der Waals surface area contributed by atoms with Gasteiger partial charge in [0.15, 0.2) is 0 Å². The van der Waals surface area contributed by atoms with Gasteiger partial charge >= 0.3 is 0 Å². The minimum atomic E-state index is -0.516. The summed E-state index contributed by atoms with van der Waals surface area (Å²) < 4.78 is 1.58. The van der Waals surface area contributed by atoms with E-state index in [1.807, 2.05) is 20.1 Å². The molecule has 0 aliphatic heterocycles. The van der Waals surface area contributed by atoms with E-state index in [-0.39, 0.29) is 41.2 Å². The molecule has 0 aliphatic rings. The van der Waals surface area contributed by atoms with Gasteiger partial charge in [-0.2, -0.15) is 11.8 Å². The fraction of sp³-hybridized carbons (Fsp3) is 0.615. The Bertz CT molecular complexity index is 512. The molecule has 8 heteroatoms. The second-order valence-corrected chi connectivity index (χ2v) is 6.14. The monoisotopic (exact) mass is 315 g/mol. The number of hydrogen-bond acceptors (Lipinski definition) is 5. The Balaban J connectivity index is 2.98. The molecule has 21 heavy (non-hydrogen) atoms. The number of nitro groups is 1. The number of aliphatic hydroxyl groups is 1. The SMILES string of the molecule is CSC(CO)C(C)NC(=O)c1cc([N+](=O)[O-])cn1C(C)C. The zero-order chi connectivity index (χ0) is 16.2. The molecule has 0 aliphatic carbocycles. The van der Waals surface area contributed by atoms with Crippen LogP contribution in [-0.2, 0) is 0 Å². The van der Waals surface area contributed by atoms with Crippen LogP contribution in [0.4, 0.5) is 5.69 Å². The van der Waals surface area contributed by atoms with Crippen LogP contribution in [0.1, 0.15) is 37.3 Å². The standard InChI is InChI=1S/C13H21N3O4S/c1-8(2)15-6-10(16(19)20)5-11(15)13(18)14-9(3)12(7-17)21-4/h5-6,8-9,12,17H,7H2,1-4H3,(H,14,18). The molecule has 1 rings (SSSR count). The molecule has 0 spiro atoms. The number of rotatable bonds is 7. The lowest BCUT2D eigenvalue weighted by Gasteiger charge is -2.22. The Morgan fingerprint density at radius 1 is 1.52 bits per heavy atom. The Labute approximate surface area is 127 Å². The Morgan fingerprint density at radius 2 is 2.14 bits per heavy atom. The average molecular weight is 315 g/mol. The van der Waals surface area contributed by atoms with Crippen molar-refractivity contribution in [3.05, 3.63) is 28.1 Å². The molecule has 0 fully saturated rings. The molecular formula is C13H21N3O4S. The third-order valence-electron chi connectivity index (χ3n) is 3.23. The number of aliphatic hydroxyl groups excluding tert-OH is 1. The highest BCUT2D eigenvalue weighted by Gasteiger charge is 2.24. The van der Waals surface area contributed by atoms with Crippen molar-refractivity contribution < 1.29 is 14.8 Å². The smallest absolute Gasteiger partial charge is 0.287 e. The molecule has 1 heterocycles. The molecule has 0 saturated carbocycles. The first kappa shape index (κ1) is 17.5. The highest BCUT2D eigenvalue weighted by molar-refractivity contribution is 7.99. The summed E-state index contributed by atoms with van der Waals surface area (Å²) in [4.78, 5) is 22.6. The molecule has 2 atom stereocenters. The fourth-order valence-electron chi connectivity index (χ4n) is 1.98. The van der Waals surface area contributed by atoms with Crippen molar-refractivity contribution in [2.24, 2.45) is 0 Å². The van der Waals surface area contributed by atoms with Crippen LogP contribution in [0.3, 0.4) is 0 Å². The third kappa shape index (κ3) is 4.21. The number of nitrogens with one attached hydrogen (secondary N) is 1. The van der Waals surface area contributed by atoms with Gasteiger partial charge in [-0.25, -0.2) is 0 Å². The lowest BCUT2D eigenvalue weighted by Crippen LogP contribution is -2.41. The molecule has 0 radical (unpaired) electrons. The number of aromatic nitrogens is 1. The van der Waals surface area contributed by atoms with Crippen molar-refractivity contribution in [2.75, 3.05) is 12.9 Å². The van der Waals surface area contributed by atoms with Crippen molar-refractivity contribution in [2.45, 2.75) is 38.1 Å². The topological polar surface area (TPSA) is 97.4 Å². The van der Waals surface area contributed by atoms with E-state index in [4.69, 9.17) is 0 Å². The van der Waals surface area contributed by atoms with Crippen molar-refractivity contribution in [3.8, 4) is 0 Å². The maximum Gasteiger partial charge on any atom is 0.287 e. The first-order chi connectivity index (χ1) is 9.81. The molecule has 1 aromatic rings. The fourth-order valence-corrected chi connectivity index (χ4v) is 2.61. The lowest BCUT2D eigenvalue weighted by atomic mass is 10.2. The third-order valence-corrected chi connectivity index (χ3v) is 4.40. The molecule has 118 valence electrons. The first-order valence-corrected chi connectivity index (χ1v) is 7.91. The van der Waals surface area contributed by atoms with Gasteiger partial charge in [-0.15, -0.1) is 0 Å². The van der Waals surface area contributed by atoms with Crippen molar-refractivity contribution in [1.29, 1.82) is 0 Å². The average Bonchev–Trinajstić information content (AvgIpc) is 2.85. The summed E-state index contributed by atoms with van der Waals surface area (Å²) in [6, 6.07) is 0.964. The summed E-state index contributed by atoms with van der Waals surface area (Å²) in [7, 11) is 0. The van der Waals surface area contributed by atoms with E-state index in [9.17, 15) is 20.0 Å². The summed E-state index contributed by atoms with van der Waals surface area (Å²) >= 11 is 1.46. The van der Waals surface area contributed by atoms with Gasteiger partial charge in [0.2, 0.25) is 0 Å². The minimum Gasteiger partial charge on any atom is -0.395 e. The number of thioether (sulfide) groups is 1. The van der Waals surface area contributed by atoms with Crippen LogP contribution in [0.2, 0.25) is 0 Å². The molecule has 0 bridgehead atoms. The Hall–Kier alpha value is -1.54. The summed E-state index contributed by atoms with van der Waals surface area (Å²) in [6.45, 7) is 5.45. The van der Waals surface area contributed by atoms with Gasteiger partial charge in [-0.3, -0.25) is 14.9 Å². The molecule has 0 saturated heterocycles. The van der Waals surface area contributed by atoms with E-state index in [1.165, 1.54) is 24.0 Å². The number of hydrogen-bond donors (Lipinski definition) is 2. The predicted molar refractivity (Wildman–Crippen MR) is 82.8 cm³/mol. The second kappa shape index (κ2) is 7.46. The highest BCUT2D eigenvalue weighted by atomic mass is 32.2. The van der Waals surface area contributed by atoms with Crippen LogP contribution in [-0.4, -0.2) is 44.7 Å². The number of amides is 1. The number of nitrogens with zero attached hydrogens (tertiary/aromatic N) is 2. The second-order valence-electron chi connectivity index (χ2n) is 5.06. The van der Waals surface area contributed by atoms with Gasteiger partial charge in [-0.05, 0) is 27.0 Å². The van der Waals surface area contributed by atoms with Gasteiger partial charge in [0.05, 0.1) is 17.7 Å². The summed E-state index contributed by atoms with van der Waals surface area (Å²) in [5.74, 6) is -0.378. The van der Waals surface area contributed by atoms with Gasteiger partial charge < -0.3 is 15.0 Å². The van der Waals surface area contributed by atoms with E-state index < -0.39 is 4.92 Å². The van der Waals surface area contributed by atoms with Crippen LogP contribution in [0.5, 0.6) is 0 Å². The van der Waals surface area contributed by atoms with Crippen molar-refractivity contribution in [3.63, 3.8) is 0 Å². The Kier molecular flexibility index (Phi) is 6.22. The van der Waals surface area contributed by atoms with Crippen molar-refractivity contribution in [1.82, 2.24) is 9.88 Å². The highest BCUT2D eigenvalue weighted by Crippen LogP contribution is 2.21. The maximum atomic E-state index is 12.3.